The quantitative estimate of drug-likeness (QED) is 0.354. The Kier molecular flexibility index (Phi) is 6.34. The van der Waals surface area contributed by atoms with Crippen LogP contribution in [0, 0.1) is 0 Å². The van der Waals surface area contributed by atoms with Crippen LogP contribution < -0.4 is 10.5 Å². The first-order valence-electron chi connectivity index (χ1n) is 10.2. The molecule has 158 valence electrons. The summed E-state index contributed by atoms with van der Waals surface area (Å²) in [6.07, 6.45) is 2.30. The van der Waals surface area contributed by atoms with E-state index in [1.165, 1.54) is 10.9 Å². The molecule has 2 heterocycles. The van der Waals surface area contributed by atoms with Crippen molar-refractivity contribution in [3.05, 3.63) is 80.6 Å². The predicted molar refractivity (Wildman–Crippen MR) is 131 cm³/mol. The monoisotopic (exact) mass is 495 g/mol. The molecule has 1 amide bonds. The highest BCUT2D eigenvalue weighted by Crippen LogP contribution is 2.36. The zero-order valence-corrected chi connectivity index (χ0v) is 19.7. The molecule has 0 fully saturated rings. The van der Waals surface area contributed by atoms with Gasteiger partial charge in [0.05, 0.1) is 11.7 Å². The number of amides is 1. The van der Waals surface area contributed by atoms with Crippen LogP contribution in [0.2, 0.25) is 0 Å². The Bertz CT molecular complexity index is 1280. The second kappa shape index (κ2) is 9.16. The molecule has 7 heteroatoms. The van der Waals surface area contributed by atoms with E-state index >= 15 is 0 Å². The Morgan fingerprint density at radius 2 is 1.81 bits per heavy atom. The number of fused-ring (bicyclic) bond motifs is 1. The summed E-state index contributed by atoms with van der Waals surface area (Å²) in [5.74, 6) is -0.145. The molecule has 0 radical (unpaired) electrons. The topological polar surface area (TPSA) is 55.2 Å². The fourth-order valence-corrected chi connectivity index (χ4v) is 5.05. The number of aromatic nitrogens is 2. The lowest BCUT2D eigenvalue weighted by Gasteiger charge is -2.21. The van der Waals surface area contributed by atoms with Gasteiger partial charge in [-0.25, -0.2) is 4.98 Å². The summed E-state index contributed by atoms with van der Waals surface area (Å²) in [6.45, 7) is 4.47. The molecule has 4 rings (SSSR count). The van der Waals surface area contributed by atoms with E-state index in [9.17, 15) is 9.59 Å². The van der Waals surface area contributed by atoms with Gasteiger partial charge in [0.1, 0.15) is 11.4 Å². The van der Waals surface area contributed by atoms with Gasteiger partial charge in [-0.2, -0.15) is 0 Å². The van der Waals surface area contributed by atoms with Gasteiger partial charge in [-0.15, -0.1) is 11.3 Å². The maximum absolute atomic E-state index is 13.5. The van der Waals surface area contributed by atoms with Crippen molar-refractivity contribution in [2.24, 2.45) is 0 Å². The summed E-state index contributed by atoms with van der Waals surface area (Å²) < 4.78 is 2.40. The third kappa shape index (κ3) is 4.20. The van der Waals surface area contributed by atoms with Gasteiger partial charge in [0, 0.05) is 27.1 Å². The van der Waals surface area contributed by atoms with Gasteiger partial charge in [-0.1, -0.05) is 53.2 Å². The van der Waals surface area contributed by atoms with E-state index in [1.807, 2.05) is 61.5 Å². The van der Waals surface area contributed by atoms with Gasteiger partial charge < -0.3 is 4.90 Å². The Morgan fingerprint density at radius 3 is 2.45 bits per heavy atom. The molecule has 0 aliphatic rings. The predicted octanol–water partition coefficient (Wildman–Crippen LogP) is 5.50. The summed E-state index contributed by atoms with van der Waals surface area (Å²) in [7, 11) is 0. The zero-order chi connectivity index (χ0) is 22.0. The van der Waals surface area contributed by atoms with Crippen molar-refractivity contribution in [2.75, 3.05) is 11.4 Å². The fourth-order valence-electron chi connectivity index (χ4n) is 3.70. The minimum absolute atomic E-state index is 0.0540. The van der Waals surface area contributed by atoms with E-state index in [-0.39, 0.29) is 18.0 Å². The van der Waals surface area contributed by atoms with Crippen LogP contribution >= 0.6 is 27.3 Å². The third-order valence-electron chi connectivity index (χ3n) is 5.20. The molecule has 5 nitrogen and oxygen atoms in total. The number of rotatable bonds is 6. The molecule has 4 aromatic rings. The van der Waals surface area contributed by atoms with Gasteiger partial charge in [0.25, 0.3) is 5.56 Å². The van der Waals surface area contributed by atoms with E-state index in [4.69, 9.17) is 0 Å². The highest BCUT2D eigenvalue weighted by Gasteiger charge is 2.20. The summed E-state index contributed by atoms with van der Waals surface area (Å²) >= 11 is 5.01. The van der Waals surface area contributed by atoms with Crippen LogP contribution in [0.1, 0.15) is 18.7 Å². The smallest absolute Gasteiger partial charge is 0.263 e. The fraction of sp³-hybridized carbons (Fsp3) is 0.208. The van der Waals surface area contributed by atoms with Crippen molar-refractivity contribution in [3.8, 4) is 11.1 Å². The van der Waals surface area contributed by atoms with Crippen molar-refractivity contribution in [1.82, 2.24) is 9.55 Å². The normalized spacial score (nSPS) is 11.1. The van der Waals surface area contributed by atoms with Crippen molar-refractivity contribution in [2.45, 2.75) is 26.8 Å². The van der Waals surface area contributed by atoms with Crippen molar-refractivity contribution >= 4 is 49.1 Å². The number of anilines is 1. The van der Waals surface area contributed by atoms with Crippen LogP contribution in [0.15, 0.2) is 70.2 Å². The first-order chi connectivity index (χ1) is 15.0. The minimum atomic E-state index is -0.184. The number of aryl methyl sites for hydroxylation is 1. The molecule has 0 N–H and O–H groups in total. The summed E-state index contributed by atoms with van der Waals surface area (Å²) in [5.41, 5.74) is 2.53. The number of carbonyl (C=O) groups excluding carboxylic acids is 1. The molecule has 0 aliphatic carbocycles. The molecule has 0 spiro atoms. The number of nitrogens with zero attached hydrogens (tertiary/aromatic N) is 3. The lowest BCUT2D eigenvalue weighted by atomic mass is 10.0. The molecule has 0 saturated heterocycles. The molecule has 2 aromatic heterocycles. The molecule has 31 heavy (non-hydrogen) atoms. The molecule has 0 saturated carbocycles. The average Bonchev–Trinajstić information content (AvgIpc) is 3.17. The maximum Gasteiger partial charge on any atom is 0.263 e. The number of carbonyl (C=O) groups is 1. The molecule has 0 unspecified atom stereocenters. The van der Waals surface area contributed by atoms with Gasteiger partial charge in [-0.3, -0.25) is 14.2 Å². The van der Waals surface area contributed by atoms with Crippen LogP contribution in [0.3, 0.4) is 0 Å². The largest absolute Gasteiger partial charge is 0.311 e. The number of hydrogen-bond acceptors (Lipinski definition) is 4. The SMILES string of the molecule is CCc1sc2ncn(CC(=O)N(CC)c3ccccc3)c(=O)c2c1-c1ccc(Br)cc1. The van der Waals surface area contributed by atoms with E-state index in [0.29, 0.717) is 16.8 Å². The van der Waals surface area contributed by atoms with Crippen LogP contribution in [0.5, 0.6) is 0 Å². The van der Waals surface area contributed by atoms with Crippen LogP contribution in [-0.4, -0.2) is 22.0 Å². The van der Waals surface area contributed by atoms with Crippen molar-refractivity contribution in [3.63, 3.8) is 0 Å². The molecular weight excluding hydrogens is 474 g/mol. The summed E-state index contributed by atoms with van der Waals surface area (Å²) in [4.78, 5) is 34.5. The number of benzene rings is 2. The van der Waals surface area contributed by atoms with E-state index in [0.717, 1.165) is 32.6 Å². The third-order valence-corrected chi connectivity index (χ3v) is 6.97. The standard InChI is InChI=1S/C24H22BrN3O2S/c1-3-19-21(16-10-12-17(25)13-11-16)22-23(31-19)26-15-27(24(22)30)14-20(29)28(4-2)18-8-6-5-7-9-18/h5-13,15H,3-4,14H2,1-2H3. The van der Waals surface area contributed by atoms with Crippen LogP contribution in [0.25, 0.3) is 21.3 Å². The number of hydrogen-bond donors (Lipinski definition) is 0. The number of halogens is 1. The Labute approximate surface area is 193 Å². The maximum atomic E-state index is 13.5. The second-order valence-electron chi connectivity index (χ2n) is 7.09. The zero-order valence-electron chi connectivity index (χ0n) is 17.3. The van der Waals surface area contributed by atoms with Gasteiger partial charge in [-0.05, 0) is 43.2 Å². The minimum Gasteiger partial charge on any atom is -0.311 e. The van der Waals surface area contributed by atoms with Crippen LogP contribution in [0.4, 0.5) is 5.69 Å². The second-order valence-corrected chi connectivity index (χ2v) is 9.09. The van der Waals surface area contributed by atoms with Crippen molar-refractivity contribution in [1.29, 1.82) is 0 Å². The van der Waals surface area contributed by atoms with Crippen LogP contribution in [-0.2, 0) is 17.8 Å². The molecular formula is C24H22BrN3O2S. The van der Waals surface area contributed by atoms with E-state index in [2.05, 4.69) is 27.8 Å². The number of thiophene rings is 1. The lowest BCUT2D eigenvalue weighted by Crippen LogP contribution is -2.36. The molecule has 0 atom stereocenters. The first-order valence-corrected chi connectivity index (χ1v) is 11.8. The lowest BCUT2D eigenvalue weighted by molar-refractivity contribution is -0.119. The van der Waals surface area contributed by atoms with Gasteiger partial charge >= 0.3 is 0 Å². The Morgan fingerprint density at radius 1 is 1.10 bits per heavy atom. The first kappa shape index (κ1) is 21.5. The van der Waals surface area contributed by atoms with Gasteiger partial charge in [0.15, 0.2) is 0 Å². The average molecular weight is 496 g/mol. The number of para-hydroxylation sites is 1. The van der Waals surface area contributed by atoms with Crippen molar-refractivity contribution < 1.29 is 4.79 Å². The molecule has 2 aromatic carbocycles. The van der Waals surface area contributed by atoms with E-state index < -0.39 is 0 Å². The van der Waals surface area contributed by atoms with Gasteiger partial charge in [0.2, 0.25) is 5.91 Å². The summed E-state index contributed by atoms with van der Waals surface area (Å²) in [6, 6.07) is 17.4. The van der Waals surface area contributed by atoms with E-state index in [1.54, 1.807) is 16.2 Å². The number of likely N-dealkylation sites (N-methyl/N-ethyl adjacent to an activating group) is 1. The highest BCUT2D eigenvalue weighted by molar-refractivity contribution is 9.10. The Balaban J connectivity index is 1.77. The molecule has 0 bridgehead atoms. The highest BCUT2D eigenvalue weighted by atomic mass is 79.9. The summed E-state index contributed by atoms with van der Waals surface area (Å²) in [5, 5.41) is 0.585. The Hall–Kier alpha value is -2.77. The molecule has 0 aliphatic heterocycles.